The molecule has 1 N–H and O–H groups in total. The summed E-state index contributed by atoms with van der Waals surface area (Å²) in [6.45, 7) is 2.00. The molecule has 0 radical (unpaired) electrons. The van der Waals surface area contributed by atoms with Crippen molar-refractivity contribution in [3.05, 3.63) is 71.8 Å². The second-order valence-corrected chi connectivity index (χ2v) is 7.08. The molecule has 2 aliphatic rings. The number of carbonyl (C=O) groups is 3. The highest BCUT2D eigenvalue weighted by molar-refractivity contribution is 6.22. The van der Waals surface area contributed by atoms with E-state index in [0.29, 0.717) is 29.8 Å². The minimum Gasteiger partial charge on any atom is -0.322 e. The van der Waals surface area contributed by atoms with Crippen LogP contribution in [0, 0.1) is 11.8 Å². The molecule has 0 bridgehead atoms. The van der Waals surface area contributed by atoms with Gasteiger partial charge in [0.25, 0.3) is 5.91 Å². The summed E-state index contributed by atoms with van der Waals surface area (Å²) in [5, 5.41) is 2.82. The van der Waals surface area contributed by atoms with Crippen molar-refractivity contribution in [1.29, 1.82) is 0 Å². The van der Waals surface area contributed by atoms with Crippen LogP contribution < -0.4 is 10.2 Å². The minimum absolute atomic E-state index is 0.140. The van der Waals surface area contributed by atoms with Crippen LogP contribution in [0.2, 0.25) is 0 Å². The summed E-state index contributed by atoms with van der Waals surface area (Å²) in [5.41, 5.74) is 2.86. The average molecular weight is 360 g/mol. The van der Waals surface area contributed by atoms with Gasteiger partial charge in [0, 0.05) is 11.3 Å². The zero-order valence-electron chi connectivity index (χ0n) is 15.0. The van der Waals surface area contributed by atoms with Gasteiger partial charge < -0.3 is 5.32 Å². The lowest BCUT2D eigenvalue weighted by molar-refractivity contribution is -0.122. The quantitative estimate of drug-likeness (QED) is 0.669. The van der Waals surface area contributed by atoms with E-state index in [2.05, 4.69) is 5.32 Å². The van der Waals surface area contributed by atoms with Crippen LogP contribution in [0.1, 0.15) is 30.1 Å². The third-order valence-electron chi connectivity index (χ3n) is 5.24. The normalized spacial score (nSPS) is 21.7. The van der Waals surface area contributed by atoms with Gasteiger partial charge in [0.15, 0.2) is 0 Å². The number of rotatable bonds is 3. The number of nitrogens with zero attached hydrogens (tertiary/aromatic N) is 1. The Balaban J connectivity index is 1.52. The van der Waals surface area contributed by atoms with E-state index in [1.165, 1.54) is 4.90 Å². The van der Waals surface area contributed by atoms with Crippen molar-refractivity contribution in [2.24, 2.45) is 11.8 Å². The number of para-hydroxylation sites is 1. The van der Waals surface area contributed by atoms with E-state index < -0.39 is 0 Å². The molecule has 136 valence electrons. The molecule has 5 heteroatoms. The summed E-state index contributed by atoms with van der Waals surface area (Å²) < 4.78 is 0. The van der Waals surface area contributed by atoms with E-state index in [9.17, 15) is 14.4 Å². The molecular weight excluding hydrogens is 340 g/mol. The molecule has 2 unspecified atom stereocenters. The number of allylic oxidation sites excluding steroid dienone is 2. The Morgan fingerprint density at radius 3 is 2.33 bits per heavy atom. The molecule has 1 saturated heterocycles. The Morgan fingerprint density at radius 1 is 0.963 bits per heavy atom. The zero-order valence-corrected chi connectivity index (χ0v) is 15.0. The number of fused-ring (bicyclic) bond motifs is 1. The summed E-state index contributed by atoms with van der Waals surface area (Å²) in [5.74, 6) is -1.04. The number of amides is 3. The molecule has 27 heavy (non-hydrogen) atoms. The summed E-state index contributed by atoms with van der Waals surface area (Å²) >= 11 is 0. The predicted octanol–water partition coefficient (Wildman–Crippen LogP) is 3.78. The Hall–Kier alpha value is -3.21. The minimum atomic E-state index is -0.262. The first-order valence-electron chi connectivity index (χ1n) is 9.04. The van der Waals surface area contributed by atoms with Crippen molar-refractivity contribution in [2.75, 3.05) is 10.2 Å². The highest BCUT2D eigenvalue weighted by Gasteiger charge is 2.48. The molecule has 2 atom stereocenters. The first kappa shape index (κ1) is 17.2. The van der Waals surface area contributed by atoms with Crippen LogP contribution in [0.25, 0.3) is 0 Å². The molecule has 0 aromatic heterocycles. The Kier molecular flexibility index (Phi) is 4.36. The van der Waals surface area contributed by atoms with Crippen LogP contribution in [-0.2, 0) is 9.59 Å². The molecule has 1 aliphatic carbocycles. The summed E-state index contributed by atoms with van der Waals surface area (Å²) in [4.78, 5) is 39.1. The molecule has 0 saturated carbocycles. The van der Waals surface area contributed by atoms with Crippen LogP contribution >= 0.6 is 0 Å². The van der Waals surface area contributed by atoms with Crippen molar-refractivity contribution in [3.63, 3.8) is 0 Å². The molecular formula is C22H20N2O3. The van der Waals surface area contributed by atoms with Crippen molar-refractivity contribution < 1.29 is 14.4 Å². The van der Waals surface area contributed by atoms with Gasteiger partial charge in [0.05, 0.1) is 17.5 Å². The number of hydrogen-bond donors (Lipinski definition) is 1. The van der Waals surface area contributed by atoms with Gasteiger partial charge in [-0.05, 0) is 56.2 Å². The van der Waals surface area contributed by atoms with Gasteiger partial charge in [-0.25, -0.2) is 0 Å². The van der Waals surface area contributed by atoms with Crippen molar-refractivity contribution >= 4 is 29.1 Å². The Bertz CT molecular complexity index is 932. The predicted molar refractivity (Wildman–Crippen MR) is 103 cm³/mol. The molecule has 1 fully saturated rings. The maximum absolute atomic E-state index is 12.8. The Morgan fingerprint density at radius 2 is 1.63 bits per heavy atom. The molecule has 2 aromatic rings. The largest absolute Gasteiger partial charge is 0.322 e. The number of hydrogen-bond acceptors (Lipinski definition) is 3. The van der Waals surface area contributed by atoms with Crippen molar-refractivity contribution in [2.45, 2.75) is 19.8 Å². The lowest BCUT2D eigenvalue weighted by Crippen LogP contribution is -2.30. The standard InChI is InChI=1S/C22H20N2O3/c1-14-7-12-18-19(13-14)22(27)24(21(18)26)17-10-8-15(9-11-17)20(25)23-16-5-3-2-4-6-16/h2-11,18-19H,12-13H2,1H3,(H,23,25). The fraction of sp³-hybridized carbons (Fsp3) is 0.227. The highest BCUT2D eigenvalue weighted by atomic mass is 16.2. The fourth-order valence-electron chi connectivity index (χ4n) is 3.78. The van der Waals surface area contributed by atoms with Gasteiger partial charge >= 0.3 is 0 Å². The van der Waals surface area contributed by atoms with Crippen LogP contribution in [-0.4, -0.2) is 17.7 Å². The third kappa shape index (κ3) is 3.16. The number of nitrogens with one attached hydrogen (secondary N) is 1. The van der Waals surface area contributed by atoms with Crippen LogP contribution in [0.3, 0.4) is 0 Å². The van der Waals surface area contributed by atoms with Crippen molar-refractivity contribution in [3.8, 4) is 0 Å². The van der Waals surface area contributed by atoms with E-state index in [1.807, 2.05) is 43.3 Å². The van der Waals surface area contributed by atoms with Gasteiger partial charge in [-0.3, -0.25) is 19.3 Å². The first-order chi connectivity index (χ1) is 13.0. The third-order valence-corrected chi connectivity index (χ3v) is 5.24. The van der Waals surface area contributed by atoms with E-state index in [1.54, 1.807) is 24.3 Å². The number of anilines is 2. The lowest BCUT2D eigenvalue weighted by Gasteiger charge is -2.18. The van der Waals surface area contributed by atoms with E-state index in [0.717, 1.165) is 5.57 Å². The zero-order chi connectivity index (χ0) is 19.0. The highest BCUT2D eigenvalue weighted by Crippen LogP contribution is 2.39. The van der Waals surface area contributed by atoms with Crippen LogP contribution in [0.4, 0.5) is 11.4 Å². The molecule has 5 nitrogen and oxygen atoms in total. The molecule has 0 spiro atoms. The molecule has 1 heterocycles. The lowest BCUT2D eigenvalue weighted by atomic mass is 9.82. The van der Waals surface area contributed by atoms with Gasteiger partial charge in [-0.2, -0.15) is 0 Å². The van der Waals surface area contributed by atoms with E-state index in [4.69, 9.17) is 0 Å². The number of imide groups is 1. The SMILES string of the molecule is CC1=CCC2C(=O)N(c3ccc(C(=O)Nc4ccccc4)cc3)C(=O)C2C1. The van der Waals surface area contributed by atoms with Gasteiger partial charge in [-0.1, -0.05) is 29.8 Å². The second kappa shape index (κ2) is 6.83. The summed E-state index contributed by atoms with van der Waals surface area (Å²) in [6.07, 6.45) is 3.31. The van der Waals surface area contributed by atoms with Crippen LogP contribution in [0.15, 0.2) is 66.2 Å². The molecule has 1 aliphatic heterocycles. The summed E-state index contributed by atoms with van der Waals surface area (Å²) in [6, 6.07) is 15.8. The Labute approximate surface area is 157 Å². The number of carbonyl (C=O) groups excluding carboxylic acids is 3. The molecule has 4 rings (SSSR count). The average Bonchev–Trinajstić information content (AvgIpc) is 2.92. The molecule has 3 amide bonds. The topological polar surface area (TPSA) is 66.5 Å². The summed E-state index contributed by atoms with van der Waals surface area (Å²) in [7, 11) is 0. The monoisotopic (exact) mass is 360 g/mol. The molecule has 2 aromatic carbocycles. The van der Waals surface area contributed by atoms with Gasteiger partial charge in [-0.15, -0.1) is 0 Å². The van der Waals surface area contributed by atoms with Gasteiger partial charge in [0.2, 0.25) is 11.8 Å². The van der Waals surface area contributed by atoms with E-state index in [-0.39, 0.29) is 29.6 Å². The first-order valence-corrected chi connectivity index (χ1v) is 9.04. The second-order valence-electron chi connectivity index (χ2n) is 7.08. The maximum Gasteiger partial charge on any atom is 0.255 e. The van der Waals surface area contributed by atoms with Crippen LogP contribution in [0.5, 0.6) is 0 Å². The fourth-order valence-corrected chi connectivity index (χ4v) is 3.78. The van der Waals surface area contributed by atoms with Gasteiger partial charge in [0.1, 0.15) is 0 Å². The smallest absolute Gasteiger partial charge is 0.255 e. The number of benzene rings is 2. The van der Waals surface area contributed by atoms with E-state index >= 15 is 0 Å². The maximum atomic E-state index is 12.8. The van der Waals surface area contributed by atoms with Crippen molar-refractivity contribution in [1.82, 2.24) is 0 Å².